The van der Waals surface area contributed by atoms with Crippen LogP contribution in [0.2, 0.25) is 0 Å². The highest BCUT2D eigenvalue weighted by molar-refractivity contribution is 7.13. The Balaban J connectivity index is 1.44. The lowest BCUT2D eigenvalue weighted by atomic mass is 9.90. The minimum atomic E-state index is -1.87. The van der Waals surface area contributed by atoms with Crippen molar-refractivity contribution < 1.29 is 14.3 Å². The van der Waals surface area contributed by atoms with Crippen LogP contribution in [0, 0.1) is 5.82 Å². The summed E-state index contributed by atoms with van der Waals surface area (Å²) in [6.07, 6.45) is 3.57. The molecule has 1 aromatic carbocycles. The molecule has 0 bridgehead atoms. The van der Waals surface area contributed by atoms with Crippen molar-refractivity contribution in [1.82, 2.24) is 29.6 Å². The molecule has 1 aliphatic heterocycles. The van der Waals surface area contributed by atoms with Gasteiger partial charge in [0, 0.05) is 62.0 Å². The van der Waals surface area contributed by atoms with Crippen molar-refractivity contribution in [3.05, 3.63) is 59.5 Å². The summed E-state index contributed by atoms with van der Waals surface area (Å²) in [4.78, 5) is 27.2. The number of thiazole rings is 1. The van der Waals surface area contributed by atoms with Crippen LogP contribution < -0.4 is 5.32 Å². The fraction of sp³-hybridized carbons (Fsp3) is 0.227. The Hall–Kier alpha value is -3.70. The van der Waals surface area contributed by atoms with Crippen molar-refractivity contribution in [3.8, 4) is 22.0 Å². The lowest BCUT2D eigenvalue weighted by molar-refractivity contribution is -0.143. The summed E-state index contributed by atoms with van der Waals surface area (Å²) in [5.74, 6) is -0.121. The Bertz CT molecular complexity index is 1350. The van der Waals surface area contributed by atoms with Crippen molar-refractivity contribution in [2.75, 3.05) is 18.9 Å². The first kappa shape index (κ1) is 21.2. The molecule has 4 aromatic rings. The number of likely N-dealkylation sites (tertiary alicyclic amines) is 1. The molecule has 1 fully saturated rings. The summed E-state index contributed by atoms with van der Waals surface area (Å²) >= 11 is 1.38. The minimum Gasteiger partial charge on any atom is -0.375 e. The molecule has 1 amide bonds. The molecule has 1 atom stereocenters. The van der Waals surface area contributed by atoms with Crippen LogP contribution in [-0.4, -0.2) is 54.2 Å². The fourth-order valence-electron chi connectivity index (χ4n) is 3.76. The normalized spacial score (nSPS) is 18.2. The highest BCUT2D eigenvalue weighted by atomic mass is 32.1. The van der Waals surface area contributed by atoms with Gasteiger partial charge in [0.1, 0.15) is 16.5 Å². The number of carbonyl (C=O) groups is 1. The van der Waals surface area contributed by atoms with Gasteiger partial charge >= 0.3 is 0 Å². The molecule has 0 saturated carbocycles. The zero-order valence-electron chi connectivity index (χ0n) is 17.9. The summed E-state index contributed by atoms with van der Waals surface area (Å²) in [6.45, 7) is 0.364. The summed E-state index contributed by atoms with van der Waals surface area (Å²) < 4.78 is 16.3. The average Bonchev–Trinajstić information content (AvgIpc) is 3.52. The second kappa shape index (κ2) is 8.01. The van der Waals surface area contributed by atoms with Gasteiger partial charge < -0.3 is 15.3 Å². The Kier molecular flexibility index (Phi) is 5.14. The number of nitrogens with zero attached hydrogens (tertiary/aromatic N) is 6. The summed E-state index contributed by atoms with van der Waals surface area (Å²) in [6, 6.07) is 7.90. The van der Waals surface area contributed by atoms with Crippen LogP contribution in [0.5, 0.6) is 0 Å². The van der Waals surface area contributed by atoms with Crippen molar-refractivity contribution in [3.63, 3.8) is 0 Å². The molecular formula is C22H20FN7O2S. The van der Waals surface area contributed by atoms with E-state index in [4.69, 9.17) is 0 Å². The predicted molar refractivity (Wildman–Crippen MR) is 121 cm³/mol. The van der Waals surface area contributed by atoms with Gasteiger partial charge in [-0.3, -0.25) is 9.48 Å². The van der Waals surface area contributed by atoms with Gasteiger partial charge in [0.2, 0.25) is 5.95 Å². The number of nitrogens with one attached hydrogen (secondary N) is 1. The molecule has 5 rings (SSSR count). The lowest BCUT2D eigenvalue weighted by Crippen LogP contribution is -2.36. The van der Waals surface area contributed by atoms with E-state index in [1.165, 1.54) is 28.4 Å². The smallest absolute Gasteiger partial charge is 0.259 e. The molecule has 0 radical (unpaired) electrons. The van der Waals surface area contributed by atoms with E-state index in [-0.39, 0.29) is 12.0 Å². The van der Waals surface area contributed by atoms with Gasteiger partial charge in [-0.15, -0.1) is 11.3 Å². The predicted octanol–water partition coefficient (Wildman–Crippen LogP) is 2.93. The van der Waals surface area contributed by atoms with E-state index < -0.39 is 17.3 Å². The second-order valence-electron chi connectivity index (χ2n) is 7.83. The third-order valence-corrected chi connectivity index (χ3v) is 6.41. The van der Waals surface area contributed by atoms with Gasteiger partial charge in [-0.2, -0.15) is 5.10 Å². The molecule has 33 heavy (non-hydrogen) atoms. The van der Waals surface area contributed by atoms with Crippen LogP contribution in [0.1, 0.15) is 12.0 Å². The monoisotopic (exact) mass is 465 g/mol. The molecule has 4 heterocycles. The minimum absolute atomic E-state index is 0.0345. The zero-order chi connectivity index (χ0) is 23.2. The van der Waals surface area contributed by atoms with Gasteiger partial charge in [0.15, 0.2) is 11.4 Å². The maximum Gasteiger partial charge on any atom is 0.259 e. The van der Waals surface area contributed by atoms with Crippen molar-refractivity contribution in [2.24, 2.45) is 7.05 Å². The number of amides is 1. The zero-order valence-corrected chi connectivity index (χ0v) is 18.7. The number of aliphatic hydroxyl groups is 1. The summed E-state index contributed by atoms with van der Waals surface area (Å²) in [5.41, 5.74) is -0.0880. The molecule has 168 valence electrons. The van der Waals surface area contributed by atoms with E-state index in [0.29, 0.717) is 40.3 Å². The number of halogens is 1. The maximum atomic E-state index is 14.6. The number of likely N-dealkylation sites (N-methyl/N-ethyl adjacent to an activating group) is 1. The highest BCUT2D eigenvalue weighted by Crippen LogP contribution is 2.37. The van der Waals surface area contributed by atoms with E-state index in [0.717, 1.165) is 0 Å². The second-order valence-corrected chi connectivity index (χ2v) is 8.69. The van der Waals surface area contributed by atoms with E-state index in [2.05, 4.69) is 25.4 Å². The Labute approximate surface area is 192 Å². The lowest BCUT2D eigenvalue weighted by Gasteiger charge is -2.22. The van der Waals surface area contributed by atoms with Crippen LogP contribution in [0.4, 0.5) is 16.2 Å². The van der Waals surface area contributed by atoms with E-state index in [1.54, 1.807) is 30.1 Å². The quantitative estimate of drug-likeness (QED) is 0.466. The number of hydrogen-bond acceptors (Lipinski definition) is 8. The Morgan fingerprint density at radius 2 is 2.03 bits per heavy atom. The van der Waals surface area contributed by atoms with Crippen LogP contribution in [-0.2, 0) is 17.4 Å². The standard InChI is InChI=1S/C22H20FN7O2S/c1-29-10-7-22(32,20(29)31)14-11-13(3-4-15(14)23)17-12-33-19(25-17)16-5-8-24-21(26-16)27-18-6-9-30(2)28-18/h3-6,8-9,11-12,32H,7,10H2,1-2H3,(H,24,26,27,28)/t22-/m0/s1. The average molecular weight is 466 g/mol. The molecular weight excluding hydrogens is 445 g/mol. The first-order chi connectivity index (χ1) is 15.8. The van der Waals surface area contributed by atoms with E-state index in [9.17, 15) is 14.3 Å². The van der Waals surface area contributed by atoms with E-state index >= 15 is 0 Å². The molecule has 0 aliphatic carbocycles. The first-order valence-electron chi connectivity index (χ1n) is 10.2. The highest BCUT2D eigenvalue weighted by Gasteiger charge is 2.46. The number of rotatable bonds is 5. The number of anilines is 2. The summed E-state index contributed by atoms with van der Waals surface area (Å²) in [5, 5.41) is 20.7. The van der Waals surface area contributed by atoms with Gasteiger partial charge in [-0.1, -0.05) is 0 Å². The van der Waals surface area contributed by atoms with Gasteiger partial charge in [0.25, 0.3) is 5.91 Å². The molecule has 2 N–H and O–H groups in total. The SMILES string of the molecule is CN1CC[C@](O)(c2cc(-c3csc(-c4ccnc(Nc5ccn(C)n5)n4)n3)ccc2F)C1=O. The number of benzene rings is 1. The third-order valence-electron chi connectivity index (χ3n) is 5.55. The molecule has 1 aliphatic rings. The number of carbonyl (C=O) groups excluding carboxylic acids is 1. The van der Waals surface area contributed by atoms with Crippen LogP contribution in [0.3, 0.4) is 0 Å². The Morgan fingerprint density at radius 1 is 1.18 bits per heavy atom. The topological polar surface area (TPSA) is 109 Å². The third kappa shape index (κ3) is 3.85. The molecule has 0 unspecified atom stereocenters. The van der Waals surface area contributed by atoms with Crippen LogP contribution in [0.25, 0.3) is 22.0 Å². The molecule has 9 nitrogen and oxygen atoms in total. The van der Waals surface area contributed by atoms with Gasteiger partial charge in [-0.25, -0.2) is 19.3 Å². The fourth-order valence-corrected chi connectivity index (χ4v) is 4.56. The number of aromatic nitrogens is 5. The molecule has 11 heteroatoms. The van der Waals surface area contributed by atoms with Crippen molar-refractivity contribution in [1.29, 1.82) is 0 Å². The molecule has 3 aromatic heterocycles. The van der Waals surface area contributed by atoms with Crippen LogP contribution >= 0.6 is 11.3 Å². The number of hydrogen-bond donors (Lipinski definition) is 2. The van der Waals surface area contributed by atoms with Crippen LogP contribution in [0.15, 0.2) is 48.1 Å². The molecule has 0 spiro atoms. The van der Waals surface area contributed by atoms with Crippen molar-refractivity contribution in [2.45, 2.75) is 12.0 Å². The first-order valence-corrected chi connectivity index (χ1v) is 11.1. The molecule has 1 saturated heterocycles. The summed E-state index contributed by atoms with van der Waals surface area (Å²) in [7, 11) is 3.41. The van der Waals surface area contributed by atoms with E-state index in [1.807, 2.05) is 24.7 Å². The Morgan fingerprint density at radius 3 is 2.76 bits per heavy atom. The van der Waals surface area contributed by atoms with Crippen molar-refractivity contribution >= 4 is 29.0 Å². The van der Waals surface area contributed by atoms with Gasteiger partial charge in [-0.05, 0) is 24.3 Å². The number of aryl methyl sites for hydroxylation is 1. The largest absolute Gasteiger partial charge is 0.375 e. The maximum absolute atomic E-state index is 14.6. The van der Waals surface area contributed by atoms with Gasteiger partial charge in [0.05, 0.1) is 5.69 Å².